The molecule has 2 aliphatic rings. The van der Waals surface area contributed by atoms with Gasteiger partial charge >= 0.3 is 5.97 Å². The van der Waals surface area contributed by atoms with Gasteiger partial charge < -0.3 is 14.5 Å². The van der Waals surface area contributed by atoms with Gasteiger partial charge in [-0.05, 0) is 44.9 Å². The maximum atomic E-state index is 12.6. The van der Waals surface area contributed by atoms with Gasteiger partial charge in [0.25, 0.3) is 0 Å². The molecular weight excluding hydrogens is 374 g/mol. The van der Waals surface area contributed by atoms with Gasteiger partial charge in [-0.1, -0.05) is 12.1 Å². The highest BCUT2D eigenvalue weighted by molar-refractivity contribution is 6.02. The summed E-state index contributed by atoms with van der Waals surface area (Å²) in [5.41, 5.74) is 1.21. The molecule has 1 N–H and O–H groups in total. The third kappa shape index (κ3) is 5.34. The van der Waals surface area contributed by atoms with E-state index in [-0.39, 0.29) is 37.2 Å². The van der Waals surface area contributed by atoms with Crippen molar-refractivity contribution in [2.24, 2.45) is 0 Å². The van der Waals surface area contributed by atoms with Gasteiger partial charge in [-0.3, -0.25) is 24.5 Å². The van der Waals surface area contributed by atoms with Crippen molar-refractivity contribution in [3.8, 4) is 0 Å². The van der Waals surface area contributed by atoms with Crippen LogP contribution in [0.1, 0.15) is 39.2 Å². The number of nitrogens with zero attached hydrogens (tertiary/aromatic N) is 2. The summed E-state index contributed by atoms with van der Waals surface area (Å²) in [6.07, 6.45) is 0.818. The van der Waals surface area contributed by atoms with Crippen LogP contribution in [0.4, 0.5) is 5.69 Å². The lowest BCUT2D eigenvalue weighted by Crippen LogP contribution is -2.60. The molecule has 0 aromatic heterocycles. The van der Waals surface area contributed by atoms with E-state index in [1.165, 1.54) is 0 Å². The van der Waals surface area contributed by atoms with Crippen LogP contribution in [0.25, 0.3) is 0 Å². The summed E-state index contributed by atoms with van der Waals surface area (Å²) >= 11 is 0. The normalized spacial score (nSPS) is 20.5. The molecule has 0 bridgehead atoms. The fourth-order valence-electron chi connectivity index (χ4n) is 3.58. The second-order valence-electron chi connectivity index (χ2n) is 8.41. The Bertz CT molecular complexity index is 813. The Morgan fingerprint density at radius 3 is 2.41 bits per heavy atom. The van der Waals surface area contributed by atoms with Gasteiger partial charge in [-0.2, -0.15) is 0 Å². The minimum absolute atomic E-state index is 0.136. The number of amides is 3. The van der Waals surface area contributed by atoms with E-state index >= 15 is 0 Å². The van der Waals surface area contributed by atoms with Gasteiger partial charge in [0.05, 0.1) is 13.0 Å². The van der Waals surface area contributed by atoms with Gasteiger partial charge in [0, 0.05) is 25.2 Å². The van der Waals surface area contributed by atoms with Crippen molar-refractivity contribution in [2.45, 2.75) is 51.7 Å². The minimum atomic E-state index is -0.571. The number of carbonyl (C=O) groups excluding carboxylic acids is 4. The summed E-state index contributed by atoms with van der Waals surface area (Å²) in [6.45, 7) is 6.68. The molecule has 1 aromatic rings. The first-order valence-electron chi connectivity index (χ1n) is 9.81. The van der Waals surface area contributed by atoms with Crippen LogP contribution in [0, 0.1) is 0 Å². The first-order valence-corrected chi connectivity index (χ1v) is 9.81. The fourth-order valence-corrected chi connectivity index (χ4v) is 3.58. The van der Waals surface area contributed by atoms with Gasteiger partial charge in [0.15, 0.2) is 0 Å². The van der Waals surface area contributed by atoms with Crippen LogP contribution < -0.4 is 10.2 Å². The molecule has 3 amide bonds. The highest BCUT2D eigenvalue weighted by Crippen LogP contribution is 2.21. The number of ether oxygens (including phenoxy) is 1. The van der Waals surface area contributed by atoms with E-state index in [1.807, 2.05) is 49.9 Å². The molecule has 8 heteroatoms. The molecule has 0 aliphatic carbocycles. The summed E-state index contributed by atoms with van der Waals surface area (Å²) in [4.78, 5) is 51.4. The largest absolute Gasteiger partial charge is 0.460 e. The zero-order valence-electron chi connectivity index (χ0n) is 17.1. The van der Waals surface area contributed by atoms with Crippen LogP contribution in [0.3, 0.4) is 0 Å². The van der Waals surface area contributed by atoms with Crippen LogP contribution in [0.5, 0.6) is 0 Å². The summed E-state index contributed by atoms with van der Waals surface area (Å²) in [7, 11) is 0. The molecule has 2 saturated heterocycles. The molecule has 0 radical (unpaired) electrons. The molecule has 156 valence electrons. The van der Waals surface area contributed by atoms with Gasteiger partial charge in [-0.25, -0.2) is 0 Å². The van der Waals surface area contributed by atoms with E-state index in [0.717, 1.165) is 11.3 Å². The third-order valence-electron chi connectivity index (χ3n) is 4.91. The molecule has 3 rings (SSSR count). The lowest BCUT2D eigenvalue weighted by atomic mass is 10.0. The van der Waals surface area contributed by atoms with E-state index in [0.29, 0.717) is 19.5 Å². The first-order chi connectivity index (χ1) is 13.6. The standard InChI is InChI=1S/C21H27N3O5/c1-21(2,3)29-19(27)12-14-4-6-15(7-5-14)23-10-11-24(18(26)13-23)16-8-9-17(25)22-20(16)28/h4-7,16H,8-13H2,1-3H3,(H,22,25,28). The molecule has 0 saturated carbocycles. The van der Waals surface area contributed by atoms with Crippen molar-refractivity contribution in [2.75, 3.05) is 24.5 Å². The molecule has 1 unspecified atom stereocenters. The number of hydrogen-bond acceptors (Lipinski definition) is 6. The minimum Gasteiger partial charge on any atom is -0.460 e. The van der Waals surface area contributed by atoms with E-state index in [2.05, 4.69) is 5.32 Å². The molecule has 8 nitrogen and oxygen atoms in total. The molecule has 0 spiro atoms. The van der Waals surface area contributed by atoms with Crippen molar-refractivity contribution in [1.82, 2.24) is 10.2 Å². The maximum absolute atomic E-state index is 12.6. The van der Waals surface area contributed by atoms with Crippen molar-refractivity contribution >= 4 is 29.4 Å². The Balaban J connectivity index is 1.57. The number of nitrogens with one attached hydrogen (secondary N) is 1. The molecule has 2 aliphatic heterocycles. The fraction of sp³-hybridized carbons (Fsp3) is 0.524. The van der Waals surface area contributed by atoms with Crippen LogP contribution in [-0.2, 0) is 30.3 Å². The second-order valence-corrected chi connectivity index (χ2v) is 8.41. The van der Waals surface area contributed by atoms with Gasteiger partial charge in [-0.15, -0.1) is 0 Å². The number of piperazine rings is 1. The Labute approximate surface area is 170 Å². The zero-order chi connectivity index (χ0) is 21.2. The van der Waals surface area contributed by atoms with E-state index in [9.17, 15) is 19.2 Å². The summed E-state index contributed by atoms with van der Waals surface area (Å²) in [6, 6.07) is 6.91. The van der Waals surface area contributed by atoms with E-state index < -0.39 is 17.6 Å². The topological polar surface area (TPSA) is 96.0 Å². The number of benzene rings is 1. The Hall–Kier alpha value is -2.90. The number of anilines is 1. The Morgan fingerprint density at radius 1 is 1.14 bits per heavy atom. The lowest BCUT2D eigenvalue weighted by Gasteiger charge is -2.40. The number of piperidine rings is 1. The lowest BCUT2D eigenvalue weighted by molar-refractivity contribution is -0.154. The third-order valence-corrected chi connectivity index (χ3v) is 4.91. The van der Waals surface area contributed by atoms with Crippen LogP contribution >= 0.6 is 0 Å². The summed E-state index contributed by atoms with van der Waals surface area (Å²) in [5, 5.41) is 2.30. The number of carbonyl (C=O) groups is 4. The number of imide groups is 1. The summed E-state index contributed by atoms with van der Waals surface area (Å²) in [5.74, 6) is -1.10. The second kappa shape index (κ2) is 8.23. The molecule has 29 heavy (non-hydrogen) atoms. The average molecular weight is 401 g/mol. The molecule has 1 aromatic carbocycles. The molecule has 2 fully saturated rings. The van der Waals surface area contributed by atoms with Crippen molar-refractivity contribution in [1.29, 1.82) is 0 Å². The number of rotatable bonds is 4. The predicted molar refractivity (Wildman–Crippen MR) is 106 cm³/mol. The van der Waals surface area contributed by atoms with Crippen molar-refractivity contribution < 1.29 is 23.9 Å². The number of esters is 1. The van der Waals surface area contributed by atoms with E-state index in [1.54, 1.807) is 4.90 Å². The SMILES string of the molecule is CC(C)(C)OC(=O)Cc1ccc(N2CCN(C3CCC(=O)NC3=O)C(=O)C2)cc1. The highest BCUT2D eigenvalue weighted by atomic mass is 16.6. The van der Waals surface area contributed by atoms with Crippen LogP contribution in [-0.4, -0.2) is 59.9 Å². The zero-order valence-corrected chi connectivity index (χ0v) is 17.1. The van der Waals surface area contributed by atoms with E-state index in [4.69, 9.17) is 4.74 Å². The monoisotopic (exact) mass is 401 g/mol. The predicted octanol–water partition coefficient (Wildman–Crippen LogP) is 1.02. The first kappa shape index (κ1) is 20.8. The Kier molecular flexibility index (Phi) is 5.91. The van der Waals surface area contributed by atoms with Gasteiger partial charge in [0.2, 0.25) is 17.7 Å². The van der Waals surface area contributed by atoms with Crippen LogP contribution in [0.2, 0.25) is 0 Å². The van der Waals surface area contributed by atoms with Gasteiger partial charge in [0.1, 0.15) is 11.6 Å². The Morgan fingerprint density at radius 2 is 1.83 bits per heavy atom. The quantitative estimate of drug-likeness (QED) is 0.598. The maximum Gasteiger partial charge on any atom is 0.310 e. The van der Waals surface area contributed by atoms with Crippen LogP contribution in [0.15, 0.2) is 24.3 Å². The number of hydrogen-bond donors (Lipinski definition) is 1. The highest BCUT2D eigenvalue weighted by Gasteiger charge is 2.36. The molecule has 2 heterocycles. The van der Waals surface area contributed by atoms with Crippen molar-refractivity contribution in [3.05, 3.63) is 29.8 Å². The smallest absolute Gasteiger partial charge is 0.310 e. The van der Waals surface area contributed by atoms with Crippen molar-refractivity contribution in [3.63, 3.8) is 0 Å². The molecular formula is C21H27N3O5. The average Bonchev–Trinajstić information content (AvgIpc) is 2.61. The molecule has 1 atom stereocenters. The summed E-state index contributed by atoms with van der Waals surface area (Å²) < 4.78 is 5.33.